The quantitative estimate of drug-likeness (QED) is 0.653. The molecule has 4 rings (SSSR count). The van der Waals surface area contributed by atoms with Crippen molar-refractivity contribution in [3.63, 3.8) is 0 Å². The number of hydrogen-bond acceptors (Lipinski definition) is 4. The summed E-state index contributed by atoms with van der Waals surface area (Å²) in [6.45, 7) is 5.72. The van der Waals surface area contributed by atoms with Gasteiger partial charge in [-0.25, -0.2) is 8.42 Å². The summed E-state index contributed by atoms with van der Waals surface area (Å²) >= 11 is 0. The summed E-state index contributed by atoms with van der Waals surface area (Å²) in [6.07, 6.45) is 2.88. The van der Waals surface area contributed by atoms with Gasteiger partial charge < -0.3 is 0 Å². The first-order valence-corrected chi connectivity index (χ1v) is 11.8. The van der Waals surface area contributed by atoms with Crippen molar-refractivity contribution >= 4 is 28.2 Å². The Bertz CT molecular complexity index is 984. The van der Waals surface area contributed by atoms with Crippen LogP contribution in [0.5, 0.6) is 0 Å². The summed E-state index contributed by atoms with van der Waals surface area (Å²) in [4.78, 5) is 14.2. The molecule has 1 fully saturated rings. The van der Waals surface area contributed by atoms with E-state index in [0.717, 1.165) is 38.9 Å². The second kappa shape index (κ2) is 9.60. The molecule has 162 valence electrons. The Balaban J connectivity index is 0.00000256. The maximum absolute atomic E-state index is 12.9. The molecule has 7 heteroatoms. The second-order valence-corrected chi connectivity index (χ2v) is 10.1. The number of fused-ring (bicyclic) bond motifs is 1. The molecule has 30 heavy (non-hydrogen) atoms. The van der Waals surface area contributed by atoms with Crippen LogP contribution in [0.2, 0.25) is 0 Å². The Labute approximate surface area is 185 Å². The van der Waals surface area contributed by atoms with Crippen LogP contribution in [-0.4, -0.2) is 49.6 Å². The predicted octanol–water partition coefficient (Wildman–Crippen LogP) is 3.77. The molecule has 0 aliphatic carbocycles. The largest absolute Gasteiger partial charge is 0.298 e. The Morgan fingerprint density at radius 2 is 1.60 bits per heavy atom. The number of piperidine rings is 1. The predicted molar refractivity (Wildman–Crippen MR) is 121 cm³/mol. The molecule has 0 amide bonds. The third-order valence-electron chi connectivity index (χ3n) is 6.20. The van der Waals surface area contributed by atoms with Crippen LogP contribution in [0.3, 0.4) is 0 Å². The van der Waals surface area contributed by atoms with E-state index in [4.69, 9.17) is 0 Å². The van der Waals surface area contributed by atoms with Crippen LogP contribution in [0.4, 0.5) is 0 Å². The fourth-order valence-corrected chi connectivity index (χ4v) is 5.89. The number of benzene rings is 2. The number of ketones is 1. The van der Waals surface area contributed by atoms with Gasteiger partial charge in [-0.1, -0.05) is 36.4 Å². The Morgan fingerprint density at radius 1 is 0.967 bits per heavy atom. The number of nitrogens with zero attached hydrogens (tertiary/aromatic N) is 2. The number of hydrogen-bond donors (Lipinski definition) is 0. The molecule has 2 heterocycles. The second-order valence-electron chi connectivity index (χ2n) is 8.18. The van der Waals surface area contributed by atoms with Crippen molar-refractivity contribution in [1.29, 1.82) is 0 Å². The van der Waals surface area contributed by atoms with Gasteiger partial charge in [0.25, 0.3) is 0 Å². The van der Waals surface area contributed by atoms with Gasteiger partial charge in [0.2, 0.25) is 10.0 Å². The van der Waals surface area contributed by atoms with Crippen molar-refractivity contribution in [3.05, 3.63) is 65.2 Å². The van der Waals surface area contributed by atoms with Gasteiger partial charge in [-0.2, -0.15) is 4.31 Å². The number of carbonyl (C=O) groups excluding carboxylic acids is 1. The Kier molecular flexibility index (Phi) is 7.34. The minimum Gasteiger partial charge on any atom is -0.298 e. The lowest BCUT2D eigenvalue weighted by Crippen LogP contribution is -2.42. The zero-order valence-electron chi connectivity index (χ0n) is 17.3. The average Bonchev–Trinajstić information content (AvgIpc) is 2.74. The topological polar surface area (TPSA) is 57.7 Å². The lowest BCUT2D eigenvalue weighted by atomic mass is 9.94. The third kappa shape index (κ3) is 4.94. The normalized spacial score (nSPS) is 18.4. The van der Waals surface area contributed by atoms with Gasteiger partial charge in [0, 0.05) is 38.3 Å². The maximum Gasteiger partial charge on any atom is 0.243 e. The molecule has 0 spiro atoms. The molecule has 0 radical (unpaired) electrons. The molecule has 0 atom stereocenters. The highest BCUT2D eigenvalue weighted by Gasteiger charge is 2.30. The minimum atomic E-state index is -3.49. The van der Waals surface area contributed by atoms with E-state index >= 15 is 0 Å². The van der Waals surface area contributed by atoms with Gasteiger partial charge in [-0.05, 0) is 55.4 Å². The van der Waals surface area contributed by atoms with E-state index in [0.29, 0.717) is 24.6 Å². The smallest absolute Gasteiger partial charge is 0.243 e. The fourth-order valence-electron chi connectivity index (χ4n) is 4.42. The zero-order chi connectivity index (χ0) is 20.4. The summed E-state index contributed by atoms with van der Waals surface area (Å²) in [7, 11) is -3.49. The summed E-state index contributed by atoms with van der Waals surface area (Å²) in [5, 5.41) is 0. The van der Waals surface area contributed by atoms with Gasteiger partial charge in [-0.3, -0.25) is 9.69 Å². The molecule has 5 nitrogen and oxygen atoms in total. The van der Waals surface area contributed by atoms with E-state index in [9.17, 15) is 13.2 Å². The van der Waals surface area contributed by atoms with E-state index in [2.05, 4.69) is 29.2 Å². The standard InChI is InChI=1S/C23H28N2O3S.ClH/c1-18(26)20-6-8-23(9-7-20)29(27,28)25-14-10-19(11-15-25)16-24-13-12-21-4-2-3-5-22(21)17-24;/h2-9,19H,10-17H2,1H3;1H. The highest BCUT2D eigenvalue weighted by atomic mass is 35.5. The first-order valence-electron chi connectivity index (χ1n) is 10.3. The number of halogens is 1. The van der Waals surface area contributed by atoms with Crippen LogP contribution >= 0.6 is 12.4 Å². The van der Waals surface area contributed by atoms with Crippen molar-refractivity contribution in [1.82, 2.24) is 9.21 Å². The first kappa shape index (κ1) is 22.9. The summed E-state index contributed by atoms with van der Waals surface area (Å²) in [5.41, 5.74) is 3.42. The Hall–Kier alpha value is -1.73. The monoisotopic (exact) mass is 448 g/mol. The molecular formula is C23H29ClN2O3S. The molecule has 0 aromatic heterocycles. The van der Waals surface area contributed by atoms with Crippen molar-refractivity contribution in [2.75, 3.05) is 26.2 Å². The molecule has 0 bridgehead atoms. The molecule has 1 saturated heterocycles. The van der Waals surface area contributed by atoms with Crippen LogP contribution in [0.1, 0.15) is 41.3 Å². The van der Waals surface area contributed by atoms with Crippen molar-refractivity contribution < 1.29 is 13.2 Å². The van der Waals surface area contributed by atoms with E-state index in [1.54, 1.807) is 28.6 Å². The van der Waals surface area contributed by atoms with E-state index < -0.39 is 10.0 Å². The molecule has 2 aliphatic rings. The molecule has 2 aromatic rings. The van der Waals surface area contributed by atoms with Crippen molar-refractivity contribution in [2.45, 2.75) is 37.6 Å². The summed E-state index contributed by atoms with van der Waals surface area (Å²) < 4.78 is 27.5. The average molecular weight is 449 g/mol. The van der Waals surface area contributed by atoms with Gasteiger partial charge in [-0.15, -0.1) is 12.4 Å². The van der Waals surface area contributed by atoms with Crippen LogP contribution < -0.4 is 0 Å². The van der Waals surface area contributed by atoms with Crippen LogP contribution in [0.15, 0.2) is 53.4 Å². The first-order chi connectivity index (χ1) is 13.9. The van der Waals surface area contributed by atoms with Crippen molar-refractivity contribution in [3.8, 4) is 0 Å². The minimum absolute atomic E-state index is 0. The van der Waals surface area contributed by atoms with Gasteiger partial charge >= 0.3 is 0 Å². The van der Waals surface area contributed by atoms with Gasteiger partial charge in [0.15, 0.2) is 5.78 Å². The fraction of sp³-hybridized carbons (Fsp3) is 0.435. The van der Waals surface area contributed by atoms with Gasteiger partial charge in [0.1, 0.15) is 0 Å². The summed E-state index contributed by atoms with van der Waals surface area (Å²) in [5.74, 6) is 0.474. The highest BCUT2D eigenvalue weighted by molar-refractivity contribution is 7.89. The molecular weight excluding hydrogens is 420 g/mol. The number of rotatable bonds is 5. The molecule has 0 unspecified atom stereocenters. The summed E-state index contributed by atoms with van der Waals surface area (Å²) in [6, 6.07) is 14.9. The maximum atomic E-state index is 12.9. The van der Waals surface area contributed by atoms with E-state index in [1.807, 2.05) is 0 Å². The van der Waals surface area contributed by atoms with E-state index in [1.165, 1.54) is 18.1 Å². The Morgan fingerprint density at radius 3 is 2.23 bits per heavy atom. The molecule has 2 aliphatic heterocycles. The lowest BCUT2D eigenvalue weighted by molar-refractivity contribution is 0.101. The molecule has 0 N–H and O–H groups in total. The molecule has 0 saturated carbocycles. The third-order valence-corrected chi connectivity index (χ3v) is 8.11. The number of carbonyl (C=O) groups is 1. The molecule has 2 aromatic carbocycles. The highest BCUT2D eigenvalue weighted by Crippen LogP contribution is 2.26. The SMILES string of the molecule is CC(=O)c1ccc(S(=O)(=O)N2CCC(CN3CCc4ccccc4C3)CC2)cc1.Cl. The van der Waals surface area contributed by atoms with Crippen molar-refractivity contribution in [2.24, 2.45) is 5.92 Å². The van der Waals surface area contributed by atoms with E-state index in [-0.39, 0.29) is 23.1 Å². The number of sulfonamides is 1. The van der Waals surface area contributed by atoms with Crippen LogP contribution in [-0.2, 0) is 23.0 Å². The van der Waals surface area contributed by atoms with Gasteiger partial charge in [0.05, 0.1) is 4.90 Å². The van der Waals surface area contributed by atoms with Crippen LogP contribution in [0.25, 0.3) is 0 Å². The zero-order valence-corrected chi connectivity index (χ0v) is 18.9. The van der Waals surface area contributed by atoms with Crippen LogP contribution in [0, 0.1) is 5.92 Å². The lowest BCUT2D eigenvalue weighted by Gasteiger charge is -2.36. The number of Topliss-reactive ketones (excluding diaryl/α,β-unsaturated/α-hetero) is 1.